The summed E-state index contributed by atoms with van der Waals surface area (Å²) in [4.78, 5) is 6.80. The summed E-state index contributed by atoms with van der Waals surface area (Å²) >= 11 is 1.42. The van der Waals surface area contributed by atoms with E-state index in [-0.39, 0.29) is 5.25 Å². The van der Waals surface area contributed by atoms with Gasteiger partial charge in [-0.05, 0) is 25.7 Å². The van der Waals surface area contributed by atoms with E-state index in [1.54, 1.807) is 14.1 Å². The van der Waals surface area contributed by atoms with Gasteiger partial charge in [0.05, 0.1) is 5.25 Å². The third-order valence-electron chi connectivity index (χ3n) is 4.73. The molecule has 124 valence electrons. The van der Waals surface area contributed by atoms with E-state index in [0.29, 0.717) is 12.5 Å². The molecule has 0 amide bonds. The van der Waals surface area contributed by atoms with Crippen LogP contribution in [0.4, 0.5) is 5.13 Å². The van der Waals surface area contributed by atoms with Crippen LogP contribution < -0.4 is 4.90 Å². The van der Waals surface area contributed by atoms with Crippen LogP contribution in [0.3, 0.4) is 0 Å². The molecule has 1 aromatic rings. The third-order valence-corrected chi connectivity index (χ3v) is 7.77. The summed E-state index contributed by atoms with van der Waals surface area (Å²) in [5.41, 5.74) is 0. The van der Waals surface area contributed by atoms with Crippen molar-refractivity contribution in [2.24, 2.45) is 0 Å². The monoisotopic (exact) mass is 344 g/mol. The van der Waals surface area contributed by atoms with Crippen LogP contribution in [-0.2, 0) is 10.0 Å². The summed E-state index contributed by atoms with van der Waals surface area (Å²) in [6.45, 7) is 1.40. The molecule has 1 atom stereocenters. The van der Waals surface area contributed by atoms with Crippen LogP contribution in [0.25, 0.3) is 0 Å². The number of piperidine rings is 1. The van der Waals surface area contributed by atoms with Crippen molar-refractivity contribution in [1.29, 1.82) is 0 Å². The van der Waals surface area contributed by atoms with Crippen molar-refractivity contribution < 1.29 is 8.42 Å². The standard InChI is InChI=1S/C14H24N4O2S2/c1-17(2)22(19,20)12-8-5-9-18(10-12)14-15-13(16-21-14)11-6-3-4-7-11/h11-12H,3-10H2,1-2H3. The fourth-order valence-electron chi connectivity index (χ4n) is 3.36. The molecule has 0 N–H and O–H groups in total. The Balaban J connectivity index is 1.72. The summed E-state index contributed by atoms with van der Waals surface area (Å²) in [6.07, 6.45) is 6.53. The molecule has 0 spiro atoms. The zero-order chi connectivity index (χ0) is 15.7. The molecular formula is C14H24N4O2S2. The topological polar surface area (TPSA) is 66.4 Å². The Morgan fingerprint density at radius 2 is 1.91 bits per heavy atom. The summed E-state index contributed by atoms with van der Waals surface area (Å²) < 4.78 is 30.5. The lowest BCUT2D eigenvalue weighted by molar-refractivity contribution is 0.478. The fraction of sp³-hybridized carbons (Fsp3) is 0.857. The maximum absolute atomic E-state index is 12.3. The second kappa shape index (κ2) is 6.41. The van der Waals surface area contributed by atoms with E-state index in [2.05, 4.69) is 9.27 Å². The normalized spacial score (nSPS) is 24.3. The smallest absolute Gasteiger partial charge is 0.218 e. The highest BCUT2D eigenvalue weighted by Gasteiger charge is 2.33. The van der Waals surface area contributed by atoms with Crippen molar-refractivity contribution in [3.05, 3.63) is 5.82 Å². The van der Waals surface area contributed by atoms with Gasteiger partial charge < -0.3 is 4.90 Å². The molecule has 2 fully saturated rings. The Hall–Kier alpha value is -0.730. The predicted octanol–water partition coefficient (Wildman–Crippen LogP) is 2.06. The molecule has 1 aliphatic heterocycles. The van der Waals surface area contributed by atoms with Crippen molar-refractivity contribution >= 4 is 26.7 Å². The Bertz CT molecular complexity index is 608. The van der Waals surface area contributed by atoms with Gasteiger partial charge in [-0.2, -0.15) is 4.37 Å². The average molecular weight is 345 g/mol. The highest BCUT2D eigenvalue weighted by Crippen LogP contribution is 2.35. The first-order valence-corrected chi connectivity index (χ1v) is 10.3. The van der Waals surface area contributed by atoms with E-state index in [1.807, 2.05) is 0 Å². The van der Waals surface area contributed by atoms with E-state index >= 15 is 0 Å². The van der Waals surface area contributed by atoms with Crippen LogP contribution in [-0.4, -0.2) is 54.5 Å². The van der Waals surface area contributed by atoms with Gasteiger partial charge >= 0.3 is 0 Å². The molecule has 6 nitrogen and oxygen atoms in total. The zero-order valence-corrected chi connectivity index (χ0v) is 14.9. The molecule has 1 aliphatic carbocycles. The van der Waals surface area contributed by atoms with Gasteiger partial charge in [0.1, 0.15) is 5.82 Å². The molecule has 8 heteroatoms. The van der Waals surface area contributed by atoms with Crippen molar-refractivity contribution in [1.82, 2.24) is 13.7 Å². The lowest BCUT2D eigenvalue weighted by Crippen LogP contribution is -2.46. The number of hydrogen-bond donors (Lipinski definition) is 0. The Kier molecular flexibility index (Phi) is 4.70. The van der Waals surface area contributed by atoms with E-state index < -0.39 is 10.0 Å². The lowest BCUT2D eigenvalue weighted by Gasteiger charge is -2.33. The summed E-state index contributed by atoms with van der Waals surface area (Å²) in [5, 5.41) is 0.552. The molecule has 0 bridgehead atoms. The molecule has 1 saturated carbocycles. The Morgan fingerprint density at radius 1 is 1.18 bits per heavy atom. The van der Waals surface area contributed by atoms with Gasteiger partial charge in [0.2, 0.25) is 15.2 Å². The van der Waals surface area contributed by atoms with Gasteiger partial charge in [0, 0.05) is 44.6 Å². The van der Waals surface area contributed by atoms with Gasteiger partial charge in [0.25, 0.3) is 0 Å². The number of hydrogen-bond acceptors (Lipinski definition) is 6. The molecule has 3 rings (SSSR count). The van der Waals surface area contributed by atoms with Crippen LogP contribution in [0.1, 0.15) is 50.3 Å². The van der Waals surface area contributed by atoms with Crippen LogP contribution in [0.15, 0.2) is 0 Å². The first kappa shape index (κ1) is 16.1. The first-order chi connectivity index (χ1) is 10.5. The molecule has 22 heavy (non-hydrogen) atoms. The van der Waals surface area contributed by atoms with Crippen LogP contribution in [0.2, 0.25) is 0 Å². The van der Waals surface area contributed by atoms with Crippen LogP contribution >= 0.6 is 11.5 Å². The number of sulfonamides is 1. The van der Waals surface area contributed by atoms with E-state index in [9.17, 15) is 8.42 Å². The highest BCUT2D eigenvalue weighted by molar-refractivity contribution is 7.89. The van der Waals surface area contributed by atoms with E-state index in [1.165, 1.54) is 41.5 Å². The molecule has 0 aromatic carbocycles. The van der Waals surface area contributed by atoms with Crippen LogP contribution in [0, 0.1) is 0 Å². The van der Waals surface area contributed by atoms with E-state index in [4.69, 9.17) is 4.98 Å². The predicted molar refractivity (Wildman–Crippen MR) is 89.0 cm³/mol. The zero-order valence-electron chi connectivity index (χ0n) is 13.2. The second-order valence-electron chi connectivity index (χ2n) is 6.45. The van der Waals surface area contributed by atoms with Gasteiger partial charge in [-0.25, -0.2) is 17.7 Å². The molecule has 1 unspecified atom stereocenters. The minimum atomic E-state index is -3.20. The number of anilines is 1. The van der Waals surface area contributed by atoms with Crippen molar-refractivity contribution in [2.45, 2.75) is 49.7 Å². The Morgan fingerprint density at radius 3 is 2.59 bits per heavy atom. The van der Waals surface area contributed by atoms with E-state index in [0.717, 1.165) is 30.3 Å². The SMILES string of the molecule is CN(C)S(=O)(=O)C1CCCN(c2nc(C3CCCC3)ns2)C1. The van der Waals surface area contributed by atoms with Crippen molar-refractivity contribution in [3.63, 3.8) is 0 Å². The summed E-state index contributed by atoms with van der Waals surface area (Å²) in [6, 6.07) is 0. The van der Waals surface area contributed by atoms with Gasteiger partial charge in [-0.1, -0.05) is 12.8 Å². The molecule has 2 aliphatic rings. The number of rotatable bonds is 4. The molecule has 0 radical (unpaired) electrons. The number of aromatic nitrogens is 2. The Labute approximate surface area is 136 Å². The quantitative estimate of drug-likeness (QED) is 0.836. The molecule has 1 aromatic heterocycles. The van der Waals surface area contributed by atoms with Crippen molar-refractivity contribution in [2.75, 3.05) is 32.1 Å². The first-order valence-electron chi connectivity index (χ1n) is 7.98. The summed E-state index contributed by atoms with van der Waals surface area (Å²) in [5.74, 6) is 1.48. The molecule has 2 heterocycles. The minimum absolute atomic E-state index is 0.338. The van der Waals surface area contributed by atoms with Gasteiger partial charge in [-0.15, -0.1) is 0 Å². The lowest BCUT2D eigenvalue weighted by atomic mass is 10.1. The largest absolute Gasteiger partial charge is 0.346 e. The molecule has 1 saturated heterocycles. The van der Waals surface area contributed by atoms with Gasteiger partial charge in [0.15, 0.2) is 0 Å². The summed E-state index contributed by atoms with van der Waals surface area (Å²) in [7, 11) is 0.0155. The maximum atomic E-state index is 12.3. The van der Waals surface area contributed by atoms with Gasteiger partial charge in [-0.3, -0.25) is 0 Å². The van der Waals surface area contributed by atoms with Crippen LogP contribution in [0.5, 0.6) is 0 Å². The molecular weight excluding hydrogens is 320 g/mol. The average Bonchev–Trinajstić information content (AvgIpc) is 3.18. The van der Waals surface area contributed by atoms with Crippen molar-refractivity contribution in [3.8, 4) is 0 Å². The second-order valence-corrected chi connectivity index (χ2v) is 9.61. The maximum Gasteiger partial charge on any atom is 0.218 e. The fourth-order valence-corrected chi connectivity index (χ4v) is 5.57. The third kappa shape index (κ3) is 3.14. The number of nitrogens with zero attached hydrogens (tertiary/aromatic N) is 4. The highest BCUT2D eigenvalue weighted by atomic mass is 32.2. The minimum Gasteiger partial charge on any atom is -0.346 e.